The summed E-state index contributed by atoms with van der Waals surface area (Å²) in [7, 11) is 0. The van der Waals surface area contributed by atoms with Crippen LogP contribution in [0.25, 0.3) is 0 Å². The lowest BCUT2D eigenvalue weighted by atomic mass is 10.2. The molecule has 1 aromatic carbocycles. The third kappa shape index (κ3) is 5.05. The molecular formula is C16H20N2S. The van der Waals surface area contributed by atoms with E-state index in [9.17, 15) is 0 Å². The molecule has 100 valence electrons. The van der Waals surface area contributed by atoms with E-state index in [1.54, 1.807) is 0 Å². The summed E-state index contributed by atoms with van der Waals surface area (Å²) >= 11 is 1.92. The molecule has 19 heavy (non-hydrogen) atoms. The van der Waals surface area contributed by atoms with E-state index in [2.05, 4.69) is 59.3 Å². The highest BCUT2D eigenvalue weighted by atomic mass is 32.2. The smallest absolute Gasteiger partial charge is 0.0271 e. The molecular weight excluding hydrogens is 252 g/mol. The van der Waals surface area contributed by atoms with Gasteiger partial charge in [-0.15, -0.1) is 11.8 Å². The van der Waals surface area contributed by atoms with Gasteiger partial charge >= 0.3 is 0 Å². The average molecular weight is 272 g/mol. The fourth-order valence-corrected chi connectivity index (χ4v) is 2.84. The molecule has 0 amide bonds. The summed E-state index contributed by atoms with van der Waals surface area (Å²) in [5.74, 6) is 1.13. The van der Waals surface area contributed by atoms with Gasteiger partial charge in [0.15, 0.2) is 0 Å². The van der Waals surface area contributed by atoms with Crippen molar-refractivity contribution in [2.75, 3.05) is 18.8 Å². The van der Waals surface area contributed by atoms with Gasteiger partial charge in [-0.05, 0) is 36.4 Å². The van der Waals surface area contributed by atoms with Gasteiger partial charge in [-0.2, -0.15) is 0 Å². The molecule has 0 spiro atoms. The standard InChI is InChI=1S/C16H20N2S/c1-2-18(14-15-8-10-17-11-9-15)12-13-19-16-6-4-3-5-7-16/h3-11H,2,12-14H2,1H3. The molecule has 1 heterocycles. The zero-order valence-corrected chi connectivity index (χ0v) is 12.1. The topological polar surface area (TPSA) is 16.1 Å². The summed E-state index contributed by atoms with van der Waals surface area (Å²) in [5, 5.41) is 0. The van der Waals surface area contributed by atoms with Gasteiger partial charge < -0.3 is 0 Å². The predicted molar refractivity (Wildman–Crippen MR) is 82.4 cm³/mol. The zero-order chi connectivity index (χ0) is 13.3. The Morgan fingerprint density at radius 1 is 1.05 bits per heavy atom. The Morgan fingerprint density at radius 2 is 1.79 bits per heavy atom. The first-order chi connectivity index (χ1) is 9.38. The Hall–Kier alpha value is -1.32. The largest absolute Gasteiger partial charge is 0.299 e. The van der Waals surface area contributed by atoms with Gasteiger partial charge in [-0.3, -0.25) is 9.88 Å². The fourth-order valence-electron chi connectivity index (χ4n) is 1.90. The van der Waals surface area contributed by atoms with E-state index in [-0.39, 0.29) is 0 Å². The molecule has 0 bridgehead atoms. The highest BCUT2D eigenvalue weighted by Gasteiger charge is 2.03. The van der Waals surface area contributed by atoms with Gasteiger partial charge in [-0.25, -0.2) is 0 Å². The molecule has 3 heteroatoms. The number of pyridine rings is 1. The molecule has 0 aliphatic rings. The quantitative estimate of drug-likeness (QED) is 0.715. The first kappa shape index (κ1) is 14.1. The second-order valence-corrected chi connectivity index (χ2v) is 5.55. The summed E-state index contributed by atoms with van der Waals surface area (Å²) in [5.41, 5.74) is 1.33. The molecule has 1 aromatic heterocycles. The van der Waals surface area contributed by atoms with Crippen LogP contribution in [0, 0.1) is 0 Å². The molecule has 0 unspecified atom stereocenters. The fraction of sp³-hybridized carbons (Fsp3) is 0.312. The van der Waals surface area contributed by atoms with E-state index >= 15 is 0 Å². The van der Waals surface area contributed by atoms with Gasteiger partial charge in [0.2, 0.25) is 0 Å². The third-order valence-corrected chi connectivity index (χ3v) is 4.01. The molecule has 2 aromatic rings. The molecule has 2 nitrogen and oxygen atoms in total. The van der Waals surface area contributed by atoms with E-state index in [1.807, 2.05) is 24.2 Å². The van der Waals surface area contributed by atoms with Gasteiger partial charge in [-0.1, -0.05) is 25.1 Å². The van der Waals surface area contributed by atoms with E-state index in [1.165, 1.54) is 10.5 Å². The van der Waals surface area contributed by atoms with Crippen molar-refractivity contribution >= 4 is 11.8 Å². The van der Waals surface area contributed by atoms with Crippen LogP contribution in [0.5, 0.6) is 0 Å². The van der Waals surface area contributed by atoms with Crippen molar-refractivity contribution in [3.05, 3.63) is 60.4 Å². The van der Waals surface area contributed by atoms with Crippen LogP contribution in [0.1, 0.15) is 12.5 Å². The number of nitrogens with zero attached hydrogens (tertiary/aromatic N) is 2. The van der Waals surface area contributed by atoms with Gasteiger partial charge in [0.05, 0.1) is 0 Å². The van der Waals surface area contributed by atoms with Crippen molar-refractivity contribution in [3.8, 4) is 0 Å². The highest BCUT2D eigenvalue weighted by molar-refractivity contribution is 7.99. The molecule has 0 saturated heterocycles. The predicted octanol–water partition coefficient (Wildman–Crippen LogP) is 3.70. The zero-order valence-electron chi connectivity index (χ0n) is 11.3. The van der Waals surface area contributed by atoms with Gasteiger partial charge in [0.25, 0.3) is 0 Å². The van der Waals surface area contributed by atoms with E-state index in [0.717, 1.165) is 25.4 Å². The van der Waals surface area contributed by atoms with Crippen LogP contribution >= 0.6 is 11.8 Å². The summed E-state index contributed by atoms with van der Waals surface area (Å²) in [6.07, 6.45) is 3.73. The molecule has 0 radical (unpaired) electrons. The van der Waals surface area contributed by atoms with Gasteiger partial charge in [0.1, 0.15) is 0 Å². The first-order valence-corrected chi connectivity index (χ1v) is 7.66. The molecule has 0 N–H and O–H groups in total. The van der Waals surface area contributed by atoms with E-state index in [4.69, 9.17) is 0 Å². The summed E-state index contributed by atoms with van der Waals surface area (Å²) in [6.45, 7) is 5.42. The number of benzene rings is 1. The molecule has 2 rings (SSSR count). The van der Waals surface area contributed by atoms with Crippen LogP contribution in [-0.4, -0.2) is 28.7 Å². The average Bonchev–Trinajstić information content (AvgIpc) is 2.48. The van der Waals surface area contributed by atoms with Crippen LogP contribution in [-0.2, 0) is 6.54 Å². The van der Waals surface area contributed by atoms with Crippen molar-refractivity contribution in [1.29, 1.82) is 0 Å². The second kappa shape index (κ2) is 7.97. The van der Waals surface area contributed by atoms with E-state index < -0.39 is 0 Å². The van der Waals surface area contributed by atoms with Gasteiger partial charge in [0, 0.05) is 36.1 Å². The SMILES string of the molecule is CCN(CCSc1ccccc1)Cc1ccncc1. The number of thioether (sulfide) groups is 1. The summed E-state index contributed by atoms with van der Waals surface area (Å²) in [4.78, 5) is 7.87. The lowest BCUT2D eigenvalue weighted by Gasteiger charge is -2.20. The number of hydrogen-bond acceptors (Lipinski definition) is 3. The van der Waals surface area contributed by atoms with Crippen LogP contribution in [0.3, 0.4) is 0 Å². The van der Waals surface area contributed by atoms with Crippen molar-refractivity contribution in [3.63, 3.8) is 0 Å². The normalized spacial score (nSPS) is 10.8. The summed E-state index contributed by atoms with van der Waals surface area (Å²) in [6, 6.07) is 14.8. The maximum absolute atomic E-state index is 4.06. The molecule has 0 aliphatic heterocycles. The molecule has 0 saturated carbocycles. The van der Waals surface area contributed by atoms with Crippen LogP contribution < -0.4 is 0 Å². The molecule has 0 aliphatic carbocycles. The lowest BCUT2D eigenvalue weighted by Crippen LogP contribution is -2.25. The van der Waals surface area contributed by atoms with Crippen molar-refractivity contribution in [2.45, 2.75) is 18.4 Å². The van der Waals surface area contributed by atoms with Crippen molar-refractivity contribution in [1.82, 2.24) is 9.88 Å². The first-order valence-electron chi connectivity index (χ1n) is 6.67. The van der Waals surface area contributed by atoms with Crippen molar-refractivity contribution < 1.29 is 0 Å². The Bertz CT molecular complexity index is 459. The minimum Gasteiger partial charge on any atom is -0.299 e. The Balaban J connectivity index is 1.77. The van der Waals surface area contributed by atoms with Crippen LogP contribution in [0.2, 0.25) is 0 Å². The maximum atomic E-state index is 4.06. The molecule has 0 atom stereocenters. The minimum atomic E-state index is 1.01. The lowest BCUT2D eigenvalue weighted by molar-refractivity contribution is 0.298. The van der Waals surface area contributed by atoms with Crippen LogP contribution in [0.4, 0.5) is 0 Å². The Kier molecular flexibility index (Phi) is 5.92. The van der Waals surface area contributed by atoms with E-state index in [0.29, 0.717) is 0 Å². The number of hydrogen-bond donors (Lipinski definition) is 0. The third-order valence-electron chi connectivity index (χ3n) is 3.02. The highest BCUT2D eigenvalue weighted by Crippen LogP contribution is 2.17. The monoisotopic (exact) mass is 272 g/mol. The van der Waals surface area contributed by atoms with Crippen LogP contribution in [0.15, 0.2) is 59.8 Å². The maximum Gasteiger partial charge on any atom is 0.0271 e. The number of rotatable bonds is 7. The second-order valence-electron chi connectivity index (χ2n) is 4.39. The van der Waals surface area contributed by atoms with Crippen molar-refractivity contribution in [2.24, 2.45) is 0 Å². The Labute approximate surface area is 119 Å². The number of aromatic nitrogens is 1. The minimum absolute atomic E-state index is 1.01. The molecule has 0 fully saturated rings. The Morgan fingerprint density at radius 3 is 2.47 bits per heavy atom. The summed E-state index contributed by atoms with van der Waals surface area (Å²) < 4.78 is 0.